The van der Waals surface area contributed by atoms with Crippen LogP contribution < -0.4 is 11.4 Å². The quantitative estimate of drug-likeness (QED) is 0.857. The summed E-state index contributed by atoms with van der Waals surface area (Å²) in [6.07, 6.45) is -2.18. The smallest absolute Gasteiger partial charge is 0.351 e. The standard InChI is InChI=1S/C12H15F2N3O3/c1-3-7-5-17(11(19)16-9(7)15)10-12(13,14)4-8(20-10)6(2)18/h3,5-6,8,10,18H,1,4H2,2H3,(H2,15,16,19). The molecule has 2 heterocycles. The number of nitrogen functional groups attached to an aromatic ring is 1. The highest BCUT2D eigenvalue weighted by atomic mass is 19.3. The van der Waals surface area contributed by atoms with Crippen molar-refractivity contribution >= 4 is 11.9 Å². The first-order chi connectivity index (χ1) is 9.26. The van der Waals surface area contributed by atoms with E-state index < -0.39 is 36.5 Å². The molecule has 1 aliphatic heterocycles. The van der Waals surface area contributed by atoms with Crippen LogP contribution in [-0.4, -0.2) is 32.8 Å². The highest BCUT2D eigenvalue weighted by Gasteiger charge is 2.53. The van der Waals surface area contributed by atoms with Gasteiger partial charge in [0.25, 0.3) is 5.92 Å². The van der Waals surface area contributed by atoms with Crippen LogP contribution in [-0.2, 0) is 4.74 Å². The van der Waals surface area contributed by atoms with E-state index in [1.165, 1.54) is 13.0 Å². The van der Waals surface area contributed by atoms with Gasteiger partial charge in [-0.05, 0) is 6.92 Å². The SMILES string of the molecule is C=Cc1cn(C2OC(C(C)O)CC2(F)F)c(=O)nc1N. The Kier molecular flexibility index (Phi) is 3.61. The minimum atomic E-state index is -3.29. The topological polar surface area (TPSA) is 90.4 Å². The maximum atomic E-state index is 13.9. The number of aromatic nitrogens is 2. The highest BCUT2D eigenvalue weighted by Crippen LogP contribution is 2.42. The summed E-state index contributed by atoms with van der Waals surface area (Å²) >= 11 is 0. The summed E-state index contributed by atoms with van der Waals surface area (Å²) < 4.78 is 33.6. The molecule has 6 nitrogen and oxygen atoms in total. The average Bonchev–Trinajstić information content (AvgIpc) is 2.66. The first-order valence-corrected chi connectivity index (χ1v) is 5.98. The van der Waals surface area contributed by atoms with Crippen LogP contribution in [0.15, 0.2) is 17.6 Å². The number of nitrogens with two attached hydrogens (primary N) is 1. The Hall–Kier alpha value is -1.80. The van der Waals surface area contributed by atoms with Crippen LogP contribution in [0, 0.1) is 0 Å². The number of anilines is 1. The van der Waals surface area contributed by atoms with Crippen LogP contribution in [0.3, 0.4) is 0 Å². The number of aliphatic hydroxyl groups is 1. The summed E-state index contributed by atoms with van der Waals surface area (Å²) in [4.78, 5) is 15.2. The lowest BCUT2D eigenvalue weighted by Crippen LogP contribution is -2.35. The van der Waals surface area contributed by atoms with E-state index in [-0.39, 0.29) is 11.4 Å². The maximum Gasteiger partial charge on any atom is 0.351 e. The third kappa shape index (κ3) is 2.44. The molecule has 2 rings (SSSR count). The molecule has 1 aromatic rings. The molecule has 3 unspecified atom stereocenters. The lowest BCUT2D eigenvalue weighted by molar-refractivity contribution is -0.126. The van der Waals surface area contributed by atoms with E-state index in [1.807, 2.05) is 0 Å². The zero-order chi connectivity index (χ0) is 15.1. The monoisotopic (exact) mass is 287 g/mol. The van der Waals surface area contributed by atoms with Gasteiger partial charge in [0.15, 0.2) is 0 Å². The second-order valence-electron chi connectivity index (χ2n) is 4.71. The van der Waals surface area contributed by atoms with Gasteiger partial charge in [0.1, 0.15) is 5.82 Å². The minimum absolute atomic E-state index is 0.0883. The molecule has 0 spiro atoms. The first-order valence-electron chi connectivity index (χ1n) is 5.98. The van der Waals surface area contributed by atoms with Crippen LogP contribution in [0.2, 0.25) is 0 Å². The number of alkyl halides is 2. The summed E-state index contributed by atoms with van der Waals surface area (Å²) in [5.74, 6) is -3.38. The van der Waals surface area contributed by atoms with Crippen LogP contribution in [0.1, 0.15) is 25.1 Å². The fourth-order valence-electron chi connectivity index (χ4n) is 2.06. The summed E-state index contributed by atoms with van der Waals surface area (Å²) in [6.45, 7) is 4.81. The molecule has 0 amide bonds. The number of halogens is 2. The molecule has 0 bridgehead atoms. The van der Waals surface area contributed by atoms with E-state index in [1.54, 1.807) is 0 Å². The molecule has 0 aromatic carbocycles. The van der Waals surface area contributed by atoms with Gasteiger partial charge in [-0.1, -0.05) is 12.7 Å². The van der Waals surface area contributed by atoms with Crippen molar-refractivity contribution < 1.29 is 18.6 Å². The average molecular weight is 287 g/mol. The van der Waals surface area contributed by atoms with Gasteiger partial charge in [-0.25, -0.2) is 13.6 Å². The normalized spacial score (nSPS) is 26.4. The predicted octanol–water partition coefficient (Wildman–Crippen LogP) is 0.772. The second kappa shape index (κ2) is 4.95. The number of aliphatic hydroxyl groups excluding tert-OH is 1. The molecule has 20 heavy (non-hydrogen) atoms. The molecule has 3 atom stereocenters. The van der Waals surface area contributed by atoms with Crippen molar-refractivity contribution in [3.8, 4) is 0 Å². The molecule has 0 aliphatic carbocycles. The Morgan fingerprint density at radius 2 is 2.40 bits per heavy atom. The van der Waals surface area contributed by atoms with E-state index in [4.69, 9.17) is 10.5 Å². The molecule has 8 heteroatoms. The van der Waals surface area contributed by atoms with E-state index >= 15 is 0 Å². The lowest BCUT2D eigenvalue weighted by Gasteiger charge is -2.20. The van der Waals surface area contributed by atoms with E-state index in [0.29, 0.717) is 4.57 Å². The molecule has 3 N–H and O–H groups in total. The Balaban J connectivity index is 2.46. The maximum absolute atomic E-state index is 13.9. The van der Waals surface area contributed by atoms with Crippen LogP contribution in [0.25, 0.3) is 6.08 Å². The van der Waals surface area contributed by atoms with Crippen molar-refractivity contribution in [2.24, 2.45) is 0 Å². The van der Waals surface area contributed by atoms with Crippen molar-refractivity contribution in [2.75, 3.05) is 5.73 Å². The molecular weight excluding hydrogens is 272 g/mol. The summed E-state index contributed by atoms with van der Waals surface area (Å²) in [5.41, 5.74) is 4.79. The fourth-order valence-corrected chi connectivity index (χ4v) is 2.06. The van der Waals surface area contributed by atoms with Gasteiger partial charge < -0.3 is 15.6 Å². The lowest BCUT2D eigenvalue weighted by atomic mass is 10.1. The van der Waals surface area contributed by atoms with Crippen LogP contribution in [0.5, 0.6) is 0 Å². The largest absolute Gasteiger partial charge is 0.391 e. The third-order valence-corrected chi connectivity index (χ3v) is 3.16. The van der Waals surface area contributed by atoms with Crippen molar-refractivity contribution in [3.05, 3.63) is 28.8 Å². The Bertz CT molecular complexity index is 586. The third-order valence-electron chi connectivity index (χ3n) is 3.16. The van der Waals surface area contributed by atoms with Gasteiger partial charge in [0.05, 0.1) is 12.2 Å². The molecular formula is C12H15F2N3O3. The van der Waals surface area contributed by atoms with E-state index in [0.717, 1.165) is 6.20 Å². The van der Waals surface area contributed by atoms with Gasteiger partial charge >= 0.3 is 5.69 Å². The number of hydrogen-bond acceptors (Lipinski definition) is 5. The van der Waals surface area contributed by atoms with Gasteiger partial charge in [0, 0.05) is 18.2 Å². The van der Waals surface area contributed by atoms with Crippen LogP contribution >= 0.6 is 0 Å². The number of hydrogen-bond donors (Lipinski definition) is 2. The fraction of sp³-hybridized carbons (Fsp3) is 0.500. The van der Waals surface area contributed by atoms with Crippen LogP contribution in [0.4, 0.5) is 14.6 Å². The number of rotatable bonds is 3. The Morgan fingerprint density at radius 1 is 1.75 bits per heavy atom. The molecule has 0 saturated carbocycles. The zero-order valence-electron chi connectivity index (χ0n) is 10.8. The minimum Gasteiger partial charge on any atom is -0.391 e. The molecule has 1 aromatic heterocycles. The van der Waals surface area contributed by atoms with E-state index in [9.17, 15) is 18.7 Å². The second-order valence-corrected chi connectivity index (χ2v) is 4.71. The zero-order valence-corrected chi connectivity index (χ0v) is 10.8. The Labute approximate surface area is 113 Å². The van der Waals surface area contributed by atoms with Gasteiger partial charge in [-0.3, -0.25) is 4.57 Å². The molecule has 1 fully saturated rings. The molecule has 1 aliphatic rings. The molecule has 0 radical (unpaired) electrons. The van der Waals surface area contributed by atoms with E-state index in [2.05, 4.69) is 11.6 Å². The Morgan fingerprint density at radius 3 is 2.90 bits per heavy atom. The van der Waals surface area contributed by atoms with Crippen molar-refractivity contribution in [1.29, 1.82) is 0 Å². The van der Waals surface area contributed by atoms with Gasteiger partial charge in [0.2, 0.25) is 6.23 Å². The van der Waals surface area contributed by atoms with Crippen molar-refractivity contribution in [2.45, 2.75) is 37.7 Å². The summed E-state index contributed by atoms with van der Waals surface area (Å²) in [5, 5.41) is 9.37. The summed E-state index contributed by atoms with van der Waals surface area (Å²) in [7, 11) is 0. The van der Waals surface area contributed by atoms with Gasteiger partial charge in [-0.2, -0.15) is 4.98 Å². The van der Waals surface area contributed by atoms with Crippen molar-refractivity contribution in [3.63, 3.8) is 0 Å². The van der Waals surface area contributed by atoms with Crippen molar-refractivity contribution in [1.82, 2.24) is 9.55 Å². The highest BCUT2D eigenvalue weighted by molar-refractivity contribution is 5.57. The number of ether oxygens (including phenoxy) is 1. The number of nitrogens with zero attached hydrogens (tertiary/aromatic N) is 2. The summed E-state index contributed by atoms with van der Waals surface area (Å²) in [6, 6.07) is 0. The molecule has 1 saturated heterocycles. The predicted molar refractivity (Wildman–Crippen MR) is 68.2 cm³/mol. The van der Waals surface area contributed by atoms with Gasteiger partial charge in [-0.15, -0.1) is 0 Å². The first kappa shape index (κ1) is 14.6. The molecule has 110 valence electrons.